The Hall–Kier alpha value is -0.940. The first-order valence-corrected chi connectivity index (χ1v) is 6.80. The molecule has 1 saturated heterocycles. The van der Waals surface area contributed by atoms with E-state index in [0.717, 1.165) is 19.6 Å². The fourth-order valence-corrected chi connectivity index (χ4v) is 3.58. The molecule has 1 aromatic rings. The molecule has 0 bridgehead atoms. The predicted molar refractivity (Wildman–Crippen MR) is 66.0 cm³/mol. The van der Waals surface area contributed by atoms with Gasteiger partial charge in [0.2, 0.25) is 5.89 Å². The molecule has 5 nitrogen and oxygen atoms in total. The van der Waals surface area contributed by atoms with Gasteiger partial charge in [-0.05, 0) is 12.8 Å². The van der Waals surface area contributed by atoms with Gasteiger partial charge in [0.05, 0.1) is 6.10 Å². The van der Waals surface area contributed by atoms with Crippen molar-refractivity contribution in [1.82, 2.24) is 15.5 Å². The molecule has 1 aliphatic carbocycles. The summed E-state index contributed by atoms with van der Waals surface area (Å²) in [5.41, 5.74) is 0.236. The summed E-state index contributed by atoms with van der Waals surface area (Å²) in [6.07, 6.45) is 5.16. The van der Waals surface area contributed by atoms with Crippen LogP contribution in [0.4, 0.5) is 0 Å². The second-order valence-corrected chi connectivity index (χ2v) is 5.94. The van der Waals surface area contributed by atoms with Gasteiger partial charge in [-0.15, -0.1) is 0 Å². The number of aromatic nitrogens is 2. The van der Waals surface area contributed by atoms with Crippen LogP contribution in [-0.2, 0) is 11.2 Å². The maximum Gasteiger partial charge on any atom is 0.227 e. The highest BCUT2D eigenvalue weighted by atomic mass is 16.5. The number of hydrogen-bond donors (Lipinski definition) is 1. The molecule has 1 aliphatic heterocycles. The minimum absolute atomic E-state index is 0.236. The Bertz CT molecular complexity index is 391. The van der Waals surface area contributed by atoms with Gasteiger partial charge in [-0.1, -0.05) is 19.0 Å². The Balaban J connectivity index is 1.53. The van der Waals surface area contributed by atoms with Crippen molar-refractivity contribution in [3.8, 4) is 0 Å². The highest BCUT2D eigenvalue weighted by Gasteiger charge is 2.57. The molecule has 18 heavy (non-hydrogen) atoms. The van der Waals surface area contributed by atoms with Crippen LogP contribution in [0.3, 0.4) is 0 Å². The number of fused-ring (bicyclic) bond motifs is 1. The number of rotatable bonds is 4. The van der Waals surface area contributed by atoms with Crippen LogP contribution >= 0.6 is 0 Å². The molecule has 100 valence electrons. The fraction of sp³-hybridized carbons (Fsp3) is 0.846. The lowest BCUT2D eigenvalue weighted by Gasteiger charge is -2.60. The van der Waals surface area contributed by atoms with Gasteiger partial charge in [0.15, 0.2) is 6.33 Å². The number of nitrogens with zero attached hydrogens (tertiary/aromatic N) is 2. The fourth-order valence-electron chi connectivity index (χ4n) is 3.58. The maximum absolute atomic E-state index is 5.89. The molecule has 3 atom stereocenters. The molecule has 1 saturated carbocycles. The molecule has 2 aliphatic rings. The first-order chi connectivity index (χ1) is 8.69. The van der Waals surface area contributed by atoms with Crippen LogP contribution in [0.5, 0.6) is 0 Å². The molecule has 5 heteroatoms. The van der Waals surface area contributed by atoms with Gasteiger partial charge in [0.25, 0.3) is 0 Å². The monoisotopic (exact) mass is 251 g/mol. The second-order valence-electron chi connectivity index (χ2n) is 5.94. The lowest BCUT2D eigenvalue weighted by atomic mass is 9.55. The molecular weight excluding hydrogens is 230 g/mol. The quantitative estimate of drug-likeness (QED) is 0.876. The molecule has 1 aromatic heterocycles. The topological polar surface area (TPSA) is 60.2 Å². The van der Waals surface area contributed by atoms with Gasteiger partial charge in [-0.25, -0.2) is 0 Å². The van der Waals surface area contributed by atoms with Crippen molar-refractivity contribution >= 4 is 0 Å². The van der Waals surface area contributed by atoms with Gasteiger partial charge in [0.1, 0.15) is 0 Å². The Morgan fingerprint density at radius 2 is 2.39 bits per heavy atom. The molecule has 2 heterocycles. The zero-order valence-corrected chi connectivity index (χ0v) is 11.1. The SMILES string of the molecule is CC1(C)C(NCCc2ncno2)C2CCCOC21. The third kappa shape index (κ3) is 1.95. The van der Waals surface area contributed by atoms with Crippen molar-refractivity contribution in [3.63, 3.8) is 0 Å². The van der Waals surface area contributed by atoms with Crippen LogP contribution in [-0.4, -0.2) is 35.4 Å². The Kier molecular flexibility index (Phi) is 3.11. The van der Waals surface area contributed by atoms with E-state index in [4.69, 9.17) is 9.26 Å². The third-order valence-corrected chi connectivity index (χ3v) is 4.44. The van der Waals surface area contributed by atoms with Gasteiger partial charge in [0, 0.05) is 36.9 Å². The highest BCUT2D eigenvalue weighted by molar-refractivity contribution is 5.10. The average molecular weight is 251 g/mol. The first kappa shape index (κ1) is 12.1. The van der Waals surface area contributed by atoms with E-state index in [1.54, 1.807) is 0 Å². The highest BCUT2D eigenvalue weighted by Crippen LogP contribution is 2.51. The minimum atomic E-state index is 0.236. The molecule has 3 rings (SSSR count). The summed E-state index contributed by atoms with van der Waals surface area (Å²) in [6, 6.07) is 0.547. The third-order valence-electron chi connectivity index (χ3n) is 4.44. The molecule has 2 fully saturated rings. The van der Waals surface area contributed by atoms with Gasteiger partial charge >= 0.3 is 0 Å². The van der Waals surface area contributed by atoms with Crippen molar-refractivity contribution < 1.29 is 9.26 Å². The van der Waals surface area contributed by atoms with Crippen LogP contribution in [0.1, 0.15) is 32.6 Å². The van der Waals surface area contributed by atoms with Gasteiger partial charge in [-0.2, -0.15) is 4.98 Å². The number of ether oxygens (including phenoxy) is 1. The van der Waals surface area contributed by atoms with Crippen molar-refractivity contribution in [3.05, 3.63) is 12.2 Å². The van der Waals surface area contributed by atoms with Crippen LogP contribution in [0.2, 0.25) is 0 Å². The van der Waals surface area contributed by atoms with Crippen LogP contribution < -0.4 is 5.32 Å². The predicted octanol–water partition coefficient (Wildman–Crippen LogP) is 1.41. The van der Waals surface area contributed by atoms with Gasteiger partial charge < -0.3 is 14.6 Å². The zero-order chi connectivity index (χ0) is 12.6. The molecule has 0 spiro atoms. The van der Waals surface area contributed by atoms with Gasteiger partial charge in [-0.3, -0.25) is 0 Å². The minimum Gasteiger partial charge on any atom is -0.377 e. The van der Waals surface area contributed by atoms with E-state index >= 15 is 0 Å². The molecule has 0 radical (unpaired) electrons. The summed E-state index contributed by atoms with van der Waals surface area (Å²) < 4.78 is 10.9. The Morgan fingerprint density at radius 1 is 1.50 bits per heavy atom. The lowest BCUT2D eigenvalue weighted by Crippen LogP contribution is -2.69. The van der Waals surface area contributed by atoms with Crippen LogP contribution in [0.15, 0.2) is 10.9 Å². The molecule has 0 aromatic carbocycles. The zero-order valence-electron chi connectivity index (χ0n) is 11.1. The normalized spacial score (nSPS) is 33.8. The van der Waals surface area contributed by atoms with Crippen LogP contribution in [0, 0.1) is 11.3 Å². The first-order valence-electron chi connectivity index (χ1n) is 6.80. The van der Waals surface area contributed by atoms with E-state index in [9.17, 15) is 0 Å². The van der Waals surface area contributed by atoms with Crippen molar-refractivity contribution in [2.24, 2.45) is 11.3 Å². The second kappa shape index (κ2) is 4.63. The molecule has 1 N–H and O–H groups in total. The summed E-state index contributed by atoms with van der Waals surface area (Å²) in [7, 11) is 0. The molecular formula is C13H21N3O2. The molecule has 3 unspecified atom stereocenters. The summed E-state index contributed by atoms with van der Waals surface area (Å²) in [5.74, 6) is 1.38. The largest absolute Gasteiger partial charge is 0.377 e. The van der Waals surface area contributed by atoms with E-state index in [-0.39, 0.29) is 5.41 Å². The standard InChI is InChI=1S/C13H21N3O2/c1-13(2)11(9-4-3-7-17-12(9)13)14-6-5-10-15-8-16-18-10/h8-9,11-12,14H,3-7H2,1-2H3. The van der Waals surface area contributed by atoms with Crippen molar-refractivity contribution in [2.45, 2.75) is 45.3 Å². The van der Waals surface area contributed by atoms with E-state index in [2.05, 4.69) is 29.3 Å². The average Bonchev–Trinajstić information content (AvgIpc) is 2.87. The molecule has 0 amide bonds. The van der Waals surface area contributed by atoms with Crippen molar-refractivity contribution in [2.75, 3.05) is 13.2 Å². The Morgan fingerprint density at radius 3 is 3.17 bits per heavy atom. The smallest absolute Gasteiger partial charge is 0.227 e. The Labute approximate surface area is 107 Å². The van der Waals surface area contributed by atoms with E-state index in [1.165, 1.54) is 19.2 Å². The summed E-state index contributed by atoms with van der Waals surface area (Å²) >= 11 is 0. The van der Waals surface area contributed by atoms with Crippen LogP contribution in [0.25, 0.3) is 0 Å². The number of nitrogens with one attached hydrogen (secondary N) is 1. The summed E-state index contributed by atoms with van der Waals surface area (Å²) in [4.78, 5) is 4.03. The van der Waals surface area contributed by atoms with E-state index < -0.39 is 0 Å². The van der Waals surface area contributed by atoms with E-state index in [1.807, 2.05) is 0 Å². The maximum atomic E-state index is 5.89. The number of hydrogen-bond acceptors (Lipinski definition) is 5. The summed E-state index contributed by atoms with van der Waals surface area (Å²) in [6.45, 7) is 6.41. The van der Waals surface area contributed by atoms with Crippen molar-refractivity contribution in [1.29, 1.82) is 0 Å². The summed E-state index contributed by atoms with van der Waals surface area (Å²) in [5, 5.41) is 7.25. The van der Waals surface area contributed by atoms with E-state index in [0.29, 0.717) is 24.0 Å². The lowest BCUT2D eigenvalue weighted by molar-refractivity contribution is -0.192.